The van der Waals surface area contributed by atoms with Crippen molar-refractivity contribution < 1.29 is 9.53 Å². The maximum Gasteiger partial charge on any atom is 0.223 e. The van der Waals surface area contributed by atoms with Crippen molar-refractivity contribution in [3.8, 4) is 0 Å². The number of nitrogens with one attached hydrogen (secondary N) is 2. The summed E-state index contributed by atoms with van der Waals surface area (Å²) in [5.74, 6) is 1.29. The number of hydrogen-bond donors (Lipinski definition) is 2. The molecule has 1 saturated heterocycles. The molecule has 0 aromatic rings. The van der Waals surface area contributed by atoms with Gasteiger partial charge in [0.15, 0.2) is 0 Å². The lowest BCUT2D eigenvalue weighted by Crippen LogP contribution is -2.36. The fourth-order valence-electron chi connectivity index (χ4n) is 4.14. The van der Waals surface area contributed by atoms with Gasteiger partial charge in [-0.15, -0.1) is 12.4 Å². The molecule has 1 atom stereocenters. The first-order chi connectivity index (χ1) is 9.73. The predicted molar refractivity (Wildman–Crippen MR) is 85.7 cm³/mol. The number of hydrogen-bond acceptors (Lipinski definition) is 3. The maximum absolute atomic E-state index is 12.3. The SMILES string of the molecule is COC1CCC(CNC(=O)C2CC23CCNCC3)CC1.Cl. The van der Waals surface area contributed by atoms with E-state index in [4.69, 9.17) is 4.74 Å². The number of ether oxygens (including phenoxy) is 1. The summed E-state index contributed by atoms with van der Waals surface area (Å²) < 4.78 is 5.40. The van der Waals surface area contributed by atoms with Crippen molar-refractivity contribution in [2.45, 2.75) is 51.0 Å². The lowest BCUT2D eigenvalue weighted by Gasteiger charge is -2.28. The molecule has 1 heterocycles. The first kappa shape index (κ1) is 17.0. The lowest BCUT2D eigenvalue weighted by molar-refractivity contribution is -0.123. The monoisotopic (exact) mass is 316 g/mol. The van der Waals surface area contributed by atoms with E-state index in [1.54, 1.807) is 7.11 Å². The summed E-state index contributed by atoms with van der Waals surface area (Å²) in [6.45, 7) is 3.05. The van der Waals surface area contributed by atoms with Gasteiger partial charge in [0.25, 0.3) is 0 Å². The molecule has 21 heavy (non-hydrogen) atoms. The minimum Gasteiger partial charge on any atom is -0.381 e. The molecule has 1 spiro atoms. The van der Waals surface area contributed by atoms with Gasteiger partial charge in [-0.05, 0) is 69.4 Å². The molecule has 3 fully saturated rings. The molecule has 122 valence electrons. The van der Waals surface area contributed by atoms with Crippen LogP contribution in [0.2, 0.25) is 0 Å². The molecule has 5 heteroatoms. The average molecular weight is 317 g/mol. The Kier molecular flexibility index (Phi) is 5.92. The van der Waals surface area contributed by atoms with E-state index in [1.165, 1.54) is 25.7 Å². The van der Waals surface area contributed by atoms with Gasteiger partial charge in [0.1, 0.15) is 0 Å². The van der Waals surface area contributed by atoms with Crippen molar-refractivity contribution in [1.29, 1.82) is 0 Å². The Hall–Kier alpha value is -0.320. The van der Waals surface area contributed by atoms with Gasteiger partial charge in [-0.2, -0.15) is 0 Å². The number of carbonyl (C=O) groups excluding carboxylic acids is 1. The molecule has 2 aliphatic carbocycles. The standard InChI is InChI=1S/C16H28N2O2.ClH/c1-20-13-4-2-12(3-5-13)11-18-15(19)14-10-16(14)6-8-17-9-7-16;/h12-14,17H,2-11H2,1H3,(H,18,19);1H. The van der Waals surface area contributed by atoms with E-state index in [-0.39, 0.29) is 12.4 Å². The van der Waals surface area contributed by atoms with Crippen LogP contribution in [0.4, 0.5) is 0 Å². The molecule has 0 bridgehead atoms. The molecule has 0 aromatic heterocycles. The Balaban J connectivity index is 0.00000161. The highest BCUT2D eigenvalue weighted by Gasteiger charge is 2.57. The van der Waals surface area contributed by atoms with Crippen LogP contribution in [0.3, 0.4) is 0 Å². The summed E-state index contributed by atoms with van der Waals surface area (Å²) in [7, 11) is 1.80. The van der Waals surface area contributed by atoms with Gasteiger partial charge < -0.3 is 15.4 Å². The van der Waals surface area contributed by atoms with Crippen LogP contribution in [0.1, 0.15) is 44.9 Å². The van der Waals surface area contributed by atoms with E-state index >= 15 is 0 Å². The fourth-order valence-corrected chi connectivity index (χ4v) is 4.14. The van der Waals surface area contributed by atoms with Gasteiger partial charge in [-0.3, -0.25) is 4.79 Å². The van der Waals surface area contributed by atoms with Crippen LogP contribution >= 0.6 is 12.4 Å². The highest BCUT2D eigenvalue weighted by Crippen LogP contribution is 2.58. The third-order valence-corrected chi connectivity index (χ3v) is 5.80. The van der Waals surface area contributed by atoms with Crippen LogP contribution in [0.25, 0.3) is 0 Å². The molecule has 2 saturated carbocycles. The minimum atomic E-state index is 0. The van der Waals surface area contributed by atoms with Crippen molar-refractivity contribution in [1.82, 2.24) is 10.6 Å². The zero-order chi connectivity index (χ0) is 14.0. The first-order valence-corrected chi connectivity index (χ1v) is 8.25. The zero-order valence-electron chi connectivity index (χ0n) is 13.0. The van der Waals surface area contributed by atoms with Crippen molar-refractivity contribution in [2.24, 2.45) is 17.3 Å². The van der Waals surface area contributed by atoms with E-state index in [2.05, 4.69) is 10.6 Å². The Morgan fingerprint density at radius 1 is 1.24 bits per heavy atom. The Morgan fingerprint density at radius 2 is 1.90 bits per heavy atom. The molecule has 3 aliphatic rings. The first-order valence-electron chi connectivity index (χ1n) is 8.25. The summed E-state index contributed by atoms with van der Waals surface area (Å²) >= 11 is 0. The number of carbonyl (C=O) groups is 1. The van der Waals surface area contributed by atoms with Crippen LogP contribution in [-0.2, 0) is 9.53 Å². The van der Waals surface area contributed by atoms with Crippen LogP contribution in [0.5, 0.6) is 0 Å². The second-order valence-electron chi connectivity index (χ2n) is 6.99. The summed E-state index contributed by atoms with van der Waals surface area (Å²) in [5, 5.41) is 6.61. The van der Waals surface area contributed by atoms with Crippen LogP contribution in [0, 0.1) is 17.3 Å². The van der Waals surface area contributed by atoms with Crippen molar-refractivity contribution >= 4 is 18.3 Å². The normalized spacial score (nSPS) is 34.0. The van der Waals surface area contributed by atoms with Crippen molar-refractivity contribution in [2.75, 3.05) is 26.7 Å². The molecule has 1 amide bonds. The van der Waals surface area contributed by atoms with Gasteiger partial charge in [0.05, 0.1) is 6.10 Å². The summed E-state index contributed by atoms with van der Waals surface area (Å²) in [4.78, 5) is 12.3. The third kappa shape index (κ3) is 3.91. The molecule has 0 aromatic carbocycles. The molecule has 3 rings (SSSR count). The lowest BCUT2D eigenvalue weighted by atomic mass is 9.87. The highest BCUT2D eigenvalue weighted by atomic mass is 35.5. The van der Waals surface area contributed by atoms with Gasteiger partial charge >= 0.3 is 0 Å². The number of methoxy groups -OCH3 is 1. The summed E-state index contributed by atoms with van der Waals surface area (Å²) in [6.07, 6.45) is 8.62. The highest BCUT2D eigenvalue weighted by molar-refractivity contribution is 5.85. The quantitative estimate of drug-likeness (QED) is 0.835. The molecule has 4 nitrogen and oxygen atoms in total. The Morgan fingerprint density at radius 3 is 2.52 bits per heavy atom. The van der Waals surface area contributed by atoms with Gasteiger partial charge in [0.2, 0.25) is 5.91 Å². The Bertz CT molecular complexity index is 350. The maximum atomic E-state index is 12.3. The topological polar surface area (TPSA) is 50.4 Å². The predicted octanol–water partition coefficient (Wildman–Crippen LogP) is 2.12. The number of amides is 1. The van der Waals surface area contributed by atoms with E-state index in [0.717, 1.165) is 38.9 Å². The Labute approximate surface area is 134 Å². The number of halogens is 1. The number of rotatable bonds is 4. The molecule has 1 aliphatic heterocycles. The molecule has 1 unspecified atom stereocenters. The van der Waals surface area contributed by atoms with Gasteiger partial charge in [0, 0.05) is 19.6 Å². The van der Waals surface area contributed by atoms with E-state index in [0.29, 0.717) is 29.3 Å². The smallest absolute Gasteiger partial charge is 0.223 e. The summed E-state index contributed by atoms with van der Waals surface area (Å²) in [5.41, 5.74) is 0.364. The van der Waals surface area contributed by atoms with Crippen molar-refractivity contribution in [3.63, 3.8) is 0 Å². The minimum absolute atomic E-state index is 0. The zero-order valence-corrected chi connectivity index (χ0v) is 13.8. The van der Waals surface area contributed by atoms with Crippen LogP contribution in [-0.4, -0.2) is 38.8 Å². The van der Waals surface area contributed by atoms with Crippen molar-refractivity contribution in [3.05, 3.63) is 0 Å². The third-order valence-electron chi connectivity index (χ3n) is 5.80. The number of piperidine rings is 1. The van der Waals surface area contributed by atoms with Crippen LogP contribution < -0.4 is 10.6 Å². The molecular formula is C16H29ClN2O2. The van der Waals surface area contributed by atoms with Gasteiger partial charge in [-0.1, -0.05) is 0 Å². The largest absolute Gasteiger partial charge is 0.381 e. The summed E-state index contributed by atoms with van der Waals surface area (Å²) in [6, 6.07) is 0. The average Bonchev–Trinajstić information content (AvgIpc) is 3.19. The molecule has 2 N–H and O–H groups in total. The molecular weight excluding hydrogens is 288 g/mol. The van der Waals surface area contributed by atoms with E-state index < -0.39 is 0 Å². The van der Waals surface area contributed by atoms with E-state index in [1.807, 2.05) is 0 Å². The van der Waals surface area contributed by atoms with E-state index in [9.17, 15) is 4.79 Å². The second-order valence-corrected chi connectivity index (χ2v) is 6.99. The fraction of sp³-hybridized carbons (Fsp3) is 0.938. The second kappa shape index (κ2) is 7.30. The molecule has 0 radical (unpaired) electrons. The van der Waals surface area contributed by atoms with Gasteiger partial charge in [-0.25, -0.2) is 0 Å². The van der Waals surface area contributed by atoms with Crippen LogP contribution in [0.15, 0.2) is 0 Å².